The normalized spacial score (nSPS) is 10.8. The van der Waals surface area contributed by atoms with Gasteiger partial charge >= 0.3 is 0 Å². The van der Waals surface area contributed by atoms with Crippen molar-refractivity contribution in [2.24, 2.45) is 0 Å². The molecule has 0 amide bonds. The predicted octanol–water partition coefficient (Wildman–Crippen LogP) is 5.10. The number of hydrogen-bond acceptors (Lipinski definition) is 4. The summed E-state index contributed by atoms with van der Waals surface area (Å²) in [5.41, 5.74) is 3.54. The van der Waals surface area contributed by atoms with E-state index in [1.54, 1.807) is 6.33 Å². The van der Waals surface area contributed by atoms with E-state index in [-0.39, 0.29) is 0 Å². The molecule has 0 aliphatic rings. The Morgan fingerprint density at radius 3 is 2.68 bits per heavy atom. The molecule has 1 heterocycles. The molecule has 0 bridgehead atoms. The van der Waals surface area contributed by atoms with Gasteiger partial charge in [0.15, 0.2) is 0 Å². The Hall–Kier alpha value is -1.62. The van der Waals surface area contributed by atoms with Crippen LogP contribution < -0.4 is 9.64 Å². The first-order valence-corrected chi connectivity index (χ1v) is 9.72. The van der Waals surface area contributed by atoms with Crippen LogP contribution in [0.1, 0.15) is 43.0 Å². The van der Waals surface area contributed by atoms with Gasteiger partial charge in [-0.05, 0) is 59.8 Å². The fraction of sp³-hybridized carbons (Fsp3) is 0.500. The monoisotopic (exact) mass is 405 g/mol. The summed E-state index contributed by atoms with van der Waals surface area (Å²) in [7, 11) is 2.01. The zero-order chi connectivity index (χ0) is 18.2. The van der Waals surface area contributed by atoms with Gasteiger partial charge in [-0.25, -0.2) is 9.97 Å². The number of unbranched alkanes of at least 4 members (excludes halogenated alkanes) is 2. The number of halogens is 1. The zero-order valence-electron chi connectivity index (χ0n) is 15.7. The molecule has 1 aromatic heterocycles. The van der Waals surface area contributed by atoms with Crippen LogP contribution in [-0.4, -0.2) is 30.2 Å². The van der Waals surface area contributed by atoms with Gasteiger partial charge < -0.3 is 9.64 Å². The van der Waals surface area contributed by atoms with Crippen molar-refractivity contribution in [1.29, 1.82) is 0 Å². The molecule has 4 nitrogen and oxygen atoms in total. The number of nitrogens with zero attached hydrogens (tertiary/aromatic N) is 3. The van der Waals surface area contributed by atoms with E-state index in [4.69, 9.17) is 4.74 Å². The standard InChI is InChI=1S/C20H28BrN3O/c1-5-6-7-8-17-9-10-18(15(2)13-17)25-12-11-24(4)20-19(21)16(3)22-14-23-20/h9-10,13-14H,5-8,11-12H2,1-4H3. The Labute approximate surface area is 159 Å². The number of ether oxygens (including phenoxy) is 1. The fourth-order valence-electron chi connectivity index (χ4n) is 2.72. The highest BCUT2D eigenvalue weighted by molar-refractivity contribution is 9.10. The molecule has 0 atom stereocenters. The van der Waals surface area contributed by atoms with Crippen LogP contribution in [0, 0.1) is 13.8 Å². The molecule has 0 spiro atoms. The molecule has 0 N–H and O–H groups in total. The van der Waals surface area contributed by atoms with Crippen LogP contribution in [0.4, 0.5) is 5.82 Å². The lowest BCUT2D eigenvalue weighted by Gasteiger charge is -2.20. The van der Waals surface area contributed by atoms with Crippen molar-refractivity contribution in [3.63, 3.8) is 0 Å². The topological polar surface area (TPSA) is 38.2 Å². The Morgan fingerprint density at radius 1 is 1.16 bits per heavy atom. The Balaban J connectivity index is 1.87. The average molecular weight is 406 g/mol. The lowest BCUT2D eigenvalue weighted by molar-refractivity contribution is 0.323. The van der Waals surface area contributed by atoms with Crippen molar-refractivity contribution < 1.29 is 4.74 Å². The molecule has 0 radical (unpaired) electrons. The van der Waals surface area contributed by atoms with Gasteiger partial charge in [0.1, 0.15) is 24.5 Å². The number of aryl methyl sites for hydroxylation is 3. The van der Waals surface area contributed by atoms with Crippen LogP contribution in [0.5, 0.6) is 5.75 Å². The van der Waals surface area contributed by atoms with Crippen LogP contribution in [0.15, 0.2) is 29.0 Å². The Morgan fingerprint density at radius 2 is 1.96 bits per heavy atom. The summed E-state index contributed by atoms with van der Waals surface area (Å²) in [5, 5.41) is 0. The molecule has 0 saturated carbocycles. The van der Waals surface area contributed by atoms with Gasteiger partial charge in [-0.1, -0.05) is 31.9 Å². The Bertz CT molecular complexity index is 691. The number of benzene rings is 1. The zero-order valence-corrected chi connectivity index (χ0v) is 17.3. The minimum absolute atomic E-state index is 0.613. The van der Waals surface area contributed by atoms with Gasteiger partial charge in [-0.15, -0.1) is 0 Å². The summed E-state index contributed by atoms with van der Waals surface area (Å²) in [4.78, 5) is 10.6. The second-order valence-electron chi connectivity index (χ2n) is 6.42. The number of rotatable bonds is 9. The van der Waals surface area contributed by atoms with Crippen molar-refractivity contribution >= 4 is 21.7 Å². The lowest BCUT2D eigenvalue weighted by Crippen LogP contribution is -2.25. The molecule has 0 saturated heterocycles. The van der Waals surface area contributed by atoms with Gasteiger partial charge in [0, 0.05) is 7.05 Å². The van der Waals surface area contributed by atoms with Crippen molar-refractivity contribution in [2.75, 3.05) is 25.1 Å². The minimum atomic E-state index is 0.613. The van der Waals surface area contributed by atoms with Gasteiger partial charge in [0.2, 0.25) is 0 Å². The maximum atomic E-state index is 5.98. The quantitative estimate of drug-likeness (QED) is 0.543. The number of anilines is 1. The molecular formula is C20H28BrN3O. The summed E-state index contributed by atoms with van der Waals surface area (Å²) < 4.78 is 6.91. The second kappa shape index (κ2) is 9.76. The van der Waals surface area contributed by atoms with Crippen LogP contribution in [0.25, 0.3) is 0 Å². The molecular weight excluding hydrogens is 378 g/mol. The van der Waals surface area contributed by atoms with Crippen molar-refractivity contribution in [3.05, 3.63) is 45.8 Å². The summed E-state index contributed by atoms with van der Waals surface area (Å²) in [5.74, 6) is 1.85. The highest BCUT2D eigenvalue weighted by Crippen LogP contribution is 2.25. The molecule has 2 aromatic rings. The highest BCUT2D eigenvalue weighted by Gasteiger charge is 2.10. The van der Waals surface area contributed by atoms with Gasteiger partial charge in [0.25, 0.3) is 0 Å². The van der Waals surface area contributed by atoms with Crippen molar-refractivity contribution in [3.8, 4) is 5.75 Å². The van der Waals surface area contributed by atoms with Gasteiger partial charge in [-0.2, -0.15) is 0 Å². The van der Waals surface area contributed by atoms with Crippen LogP contribution >= 0.6 is 15.9 Å². The first-order chi connectivity index (χ1) is 12.0. The largest absolute Gasteiger partial charge is 0.491 e. The lowest BCUT2D eigenvalue weighted by atomic mass is 10.0. The molecule has 136 valence electrons. The summed E-state index contributed by atoms with van der Waals surface area (Å²) in [6.45, 7) is 7.69. The van der Waals surface area contributed by atoms with E-state index in [1.807, 2.05) is 14.0 Å². The van der Waals surface area contributed by atoms with E-state index >= 15 is 0 Å². The molecule has 0 aliphatic heterocycles. The maximum absolute atomic E-state index is 5.98. The van der Waals surface area contributed by atoms with E-state index in [1.165, 1.54) is 30.4 Å². The number of hydrogen-bond donors (Lipinski definition) is 0. The first kappa shape index (κ1) is 19.7. The summed E-state index contributed by atoms with van der Waals surface area (Å²) in [6.07, 6.45) is 6.55. The third-order valence-corrected chi connectivity index (χ3v) is 5.23. The average Bonchev–Trinajstić information content (AvgIpc) is 2.59. The third-order valence-electron chi connectivity index (χ3n) is 4.30. The smallest absolute Gasteiger partial charge is 0.146 e. The molecule has 1 aromatic carbocycles. The van der Waals surface area contributed by atoms with Crippen LogP contribution in [-0.2, 0) is 6.42 Å². The van der Waals surface area contributed by atoms with Crippen molar-refractivity contribution in [2.45, 2.75) is 46.5 Å². The Kier molecular flexibility index (Phi) is 7.69. The fourth-order valence-corrected chi connectivity index (χ4v) is 3.23. The molecule has 0 aliphatic carbocycles. The maximum Gasteiger partial charge on any atom is 0.146 e. The van der Waals surface area contributed by atoms with E-state index < -0.39 is 0 Å². The van der Waals surface area contributed by atoms with Crippen molar-refractivity contribution in [1.82, 2.24) is 9.97 Å². The minimum Gasteiger partial charge on any atom is -0.491 e. The molecule has 25 heavy (non-hydrogen) atoms. The SMILES string of the molecule is CCCCCc1ccc(OCCN(C)c2ncnc(C)c2Br)c(C)c1. The molecule has 0 unspecified atom stereocenters. The van der Waals surface area contributed by atoms with Gasteiger partial charge in [0.05, 0.1) is 16.7 Å². The highest BCUT2D eigenvalue weighted by atomic mass is 79.9. The van der Waals surface area contributed by atoms with E-state index in [0.717, 1.165) is 34.7 Å². The van der Waals surface area contributed by atoms with E-state index in [0.29, 0.717) is 6.61 Å². The second-order valence-corrected chi connectivity index (χ2v) is 7.22. The third kappa shape index (κ3) is 5.70. The number of aromatic nitrogens is 2. The van der Waals surface area contributed by atoms with E-state index in [2.05, 4.69) is 62.8 Å². The van der Waals surface area contributed by atoms with Gasteiger partial charge in [-0.3, -0.25) is 0 Å². The molecule has 0 fully saturated rings. The molecule has 5 heteroatoms. The molecule has 2 rings (SSSR count). The summed E-state index contributed by atoms with van der Waals surface area (Å²) >= 11 is 3.56. The number of likely N-dealkylation sites (N-methyl/N-ethyl adjacent to an activating group) is 1. The van der Waals surface area contributed by atoms with E-state index in [9.17, 15) is 0 Å². The van der Waals surface area contributed by atoms with Crippen LogP contribution in [0.3, 0.4) is 0 Å². The summed E-state index contributed by atoms with van der Waals surface area (Å²) in [6, 6.07) is 6.53. The van der Waals surface area contributed by atoms with Crippen LogP contribution in [0.2, 0.25) is 0 Å². The predicted molar refractivity (Wildman–Crippen MR) is 108 cm³/mol. The first-order valence-electron chi connectivity index (χ1n) is 8.93.